The molecule has 0 spiro atoms. The van der Waals surface area contributed by atoms with Gasteiger partial charge in [0.15, 0.2) is 0 Å². The van der Waals surface area contributed by atoms with Crippen LogP contribution in [0.5, 0.6) is 0 Å². The van der Waals surface area contributed by atoms with Crippen molar-refractivity contribution in [3.8, 4) is 0 Å². The van der Waals surface area contributed by atoms with Gasteiger partial charge in [-0.2, -0.15) is 0 Å². The van der Waals surface area contributed by atoms with Crippen molar-refractivity contribution in [2.45, 2.75) is 44.3 Å². The van der Waals surface area contributed by atoms with E-state index in [0.29, 0.717) is 28.7 Å². The summed E-state index contributed by atoms with van der Waals surface area (Å²) in [6, 6.07) is 28.4. The van der Waals surface area contributed by atoms with Gasteiger partial charge in [0.05, 0.1) is 18.3 Å². The number of esters is 2. The van der Waals surface area contributed by atoms with Gasteiger partial charge < -0.3 is 14.5 Å². The Hall–Kier alpha value is -4.76. The van der Waals surface area contributed by atoms with Crippen LogP contribution in [0.2, 0.25) is 0 Å². The van der Waals surface area contributed by atoms with Crippen molar-refractivity contribution in [1.29, 1.82) is 0 Å². The average Bonchev–Trinajstić information content (AvgIpc) is 3.42. The first-order chi connectivity index (χ1) is 21.3. The Bertz CT molecular complexity index is 1710. The van der Waals surface area contributed by atoms with Crippen LogP contribution >= 0.6 is 0 Å². The monoisotopic (exact) mass is 587 g/mol. The summed E-state index contributed by atoms with van der Waals surface area (Å²) in [5, 5.41) is 1.06. The van der Waals surface area contributed by atoms with E-state index in [1.807, 2.05) is 43.3 Å². The van der Waals surface area contributed by atoms with Gasteiger partial charge in [-0.25, -0.2) is 14.0 Å². The van der Waals surface area contributed by atoms with Crippen molar-refractivity contribution in [3.63, 3.8) is 0 Å². The van der Waals surface area contributed by atoms with E-state index in [0.717, 1.165) is 22.2 Å². The van der Waals surface area contributed by atoms with Gasteiger partial charge in [-0.05, 0) is 42.2 Å². The van der Waals surface area contributed by atoms with E-state index < -0.39 is 30.2 Å². The zero-order valence-corrected chi connectivity index (χ0v) is 24.3. The maximum Gasteiger partial charge on any atom is 0.357 e. The molecule has 0 unspecified atom stereocenters. The second-order valence-corrected chi connectivity index (χ2v) is 11.1. The molecule has 9 heteroatoms. The molecule has 0 saturated carbocycles. The van der Waals surface area contributed by atoms with E-state index in [-0.39, 0.29) is 19.3 Å². The zero-order valence-electron chi connectivity index (χ0n) is 24.3. The van der Waals surface area contributed by atoms with E-state index in [2.05, 4.69) is 9.97 Å². The number of rotatable bonds is 9. The fourth-order valence-electron chi connectivity index (χ4n) is 5.79. The number of fused-ring (bicyclic) bond motifs is 3. The fraction of sp³-hybridized carbons (Fsp3) is 0.229. The molecule has 2 atom stereocenters. The van der Waals surface area contributed by atoms with E-state index in [4.69, 9.17) is 17.3 Å². The largest absolute Gasteiger partial charge is 0.458 e. The van der Waals surface area contributed by atoms with Crippen LogP contribution in [-0.4, -0.2) is 52.9 Å². The Kier molecular flexibility index (Phi) is 8.31. The highest BCUT2D eigenvalue weighted by atomic mass is 19.1. The molecule has 0 bridgehead atoms. The quantitative estimate of drug-likeness (QED) is 0.150. The number of carbonyl (C=O) groups is 2. The van der Waals surface area contributed by atoms with E-state index in [1.165, 1.54) is 0 Å². The predicted molar refractivity (Wildman–Crippen MR) is 166 cm³/mol. The van der Waals surface area contributed by atoms with Gasteiger partial charge in [0.1, 0.15) is 21.1 Å². The lowest BCUT2D eigenvalue weighted by molar-refractivity contribution is -0.179. The average molecular weight is 587 g/mol. The van der Waals surface area contributed by atoms with Gasteiger partial charge in [-0.3, -0.25) is 9.88 Å². The molecule has 3 aromatic carbocycles. The zero-order chi connectivity index (χ0) is 30.7. The summed E-state index contributed by atoms with van der Waals surface area (Å²) >= 11 is 0. The van der Waals surface area contributed by atoms with Crippen LogP contribution in [-0.2, 0) is 38.7 Å². The molecule has 44 heavy (non-hydrogen) atoms. The number of alkyl halides is 1. The Balaban J connectivity index is 1.37. The van der Waals surface area contributed by atoms with Gasteiger partial charge in [0, 0.05) is 28.8 Å². The van der Waals surface area contributed by atoms with Gasteiger partial charge >= 0.3 is 17.6 Å². The number of carbonyl (C=O) groups excluding carboxylic acids is 2. The number of ether oxygens (including phenoxy) is 2. The highest BCUT2D eigenvalue weighted by Gasteiger charge is 2.54. The standard InChI is InChI=1S/C35H31BFN3O4/c1-23-18-28-27-14-8-9-15-29(27)39-31(28)32(30-17-16-26(36)19-38-30)40(23)22-35(37,33(41)43-20-24-10-4-2-5-11-24)34(42)44-21-25-12-6-3-7-13-25/h2-17,19,23,32,39H,18,20-22H2,1H3/t23-,32-/m1/s1. The summed E-state index contributed by atoms with van der Waals surface area (Å²) in [5.41, 5.74) is 2.11. The Morgan fingerprint density at radius 2 is 1.50 bits per heavy atom. The van der Waals surface area contributed by atoms with Crippen molar-refractivity contribution in [1.82, 2.24) is 14.9 Å². The van der Waals surface area contributed by atoms with Crippen molar-refractivity contribution in [2.75, 3.05) is 6.54 Å². The minimum Gasteiger partial charge on any atom is -0.458 e. The minimum atomic E-state index is -3.13. The lowest BCUT2D eigenvalue weighted by Crippen LogP contribution is -2.57. The molecule has 0 saturated heterocycles. The lowest BCUT2D eigenvalue weighted by Gasteiger charge is -2.42. The number of aromatic nitrogens is 2. The van der Waals surface area contributed by atoms with Crippen LogP contribution in [0.4, 0.5) is 4.39 Å². The molecule has 1 N–H and O–H groups in total. The Morgan fingerprint density at radius 3 is 2.09 bits per heavy atom. The van der Waals surface area contributed by atoms with Gasteiger partial charge in [0.2, 0.25) is 0 Å². The van der Waals surface area contributed by atoms with Crippen molar-refractivity contribution in [3.05, 3.63) is 131 Å². The maximum atomic E-state index is 17.2. The van der Waals surface area contributed by atoms with Crippen molar-refractivity contribution < 1.29 is 23.5 Å². The van der Waals surface area contributed by atoms with Crippen LogP contribution in [0, 0.1) is 0 Å². The number of para-hydroxylation sites is 1. The third-order valence-electron chi connectivity index (χ3n) is 8.08. The molecular weight excluding hydrogens is 556 g/mol. The number of benzene rings is 3. The molecule has 3 heterocycles. The van der Waals surface area contributed by atoms with Gasteiger partial charge in [-0.15, -0.1) is 0 Å². The van der Waals surface area contributed by atoms with Crippen LogP contribution in [0.15, 0.2) is 103 Å². The molecule has 6 rings (SSSR count). The SMILES string of the molecule is [B]c1ccc([C@@H]2c3[nH]c4ccccc4c3C[C@@H](C)N2CC(F)(C(=O)OCc2ccccc2)C(=O)OCc2ccccc2)nc1. The number of hydrogen-bond donors (Lipinski definition) is 1. The molecule has 7 nitrogen and oxygen atoms in total. The third-order valence-corrected chi connectivity index (χ3v) is 8.08. The first kappa shape index (κ1) is 29.3. The van der Waals surface area contributed by atoms with Crippen molar-refractivity contribution in [2.24, 2.45) is 0 Å². The van der Waals surface area contributed by atoms with Gasteiger partial charge in [-0.1, -0.05) is 90.4 Å². The highest BCUT2D eigenvalue weighted by Crippen LogP contribution is 2.41. The topological polar surface area (TPSA) is 84.5 Å². The summed E-state index contributed by atoms with van der Waals surface area (Å²) in [7, 11) is 5.95. The van der Waals surface area contributed by atoms with E-state index in [1.54, 1.807) is 71.8 Å². The molecule has 1 aliphatic rings. The lowest BCUT2D eigenvalue weighted by atomic mass is 9.88. The third kappa shape index (κ3) is 5.88. The molecule has 2 radical (unpaired) electrons. The van der Waals surface area contributed by atoms with Crippen LogP contribution in [0.1, 0.15) is 41.0 Å². The molecular formula is C35H31BFN3O4. The predicted octanol–water partition coefficient (Wildman–Crippen LogP) is 4.89. The number of H-pyrrole nitrogens is 1. The summed E-state index contributed by atoms with van der Waals surface area (Å²) in [6.45, 7) is 0.949. The van der Waals surface area contributed by atoms with Crippen LogP contribution < -0.4 is 5.46 Å². The maximum absolute atomic E-state index is 17.2. The number of halogens is 1. The molecule has 0 aliphatic carbocycles. The normalized spacial score (nSPS) is 16.8. The van der Waals surface area contributed by atoms with E-state index >= 15 is 4.39 Å². The molecule has 1 aliphatic heterocycles. The molecule has 5 aromatic rings. The van der Waals surface area contributed by atoms with Crippen molar-refractivity contribution >= 4 is 36.2 Å². The number of nitrogens with one attached hydrogen (secondary N) is 1. The summed E-state index contributed by atoms with van der Waals surface area (Å²) in [6.07, 6.45) is 2.10. The molecule has 0 amide bonds. The van der Waals surface area contributed by atoms with E-state index in [9.17, 15) is 9.59 Å². The Labute approximate surface area is 256 Å². The molecule has 0 fully saturated rings. The van der Waals surface area contributed by atoms with Crippen LogP contribution in [0.3, 0.4) is 0 Å². The summed E-state index contributed by atoms with van der Waals surface area (Å²) < 4.78 is 28.1. The minimum absolute atomic E-state index is 0.192. The number of pyridine rings is 1. The second kappa shape index (κ2) is 12.5. The summed E-state index contributed by atoms with van der Waals surface area (Å²) in [4.78, 5) is 37.0. The smallest absolute Gasteiger partial charge is 0.357 e. The Morgan fingerprint density at radius 1 is 0.909 bits per heavy atom. The number of hydrogen-bond acceptors (Lipinski definition) is 6. The first-order valence-electron chi connectivity index (χ1n) is 14.5. The van der Waals surface area contributed by atoms with Crippen LogP contribution in [0.25, 0.3) is 10.9 Å². The first-order valence-corrected chi connectivity index (χ1v) is 14.5. The molecule has 2 aromatic heterocycles. The summed E-state index contributed by atoms with van der Waals surface area (Å²) in [5.74, 6) is -2.61. The highest BCUT2D eigenvalue weighted by molar-refractivity contribution is 6.32. The fourth-order valence-corrected chi connectivity index (χ4v) is 5.79. The molecule has 220 valence electrons. The van der Waals surface area contributed by atoms with Gasteiger partial charge in [0.25, 0.3) is 0 Å². The second-order valence-electron chi connectivity index (χ2n) is 11.1. The number of aromatic amines is 1. The number of nitrogens with zero attached hydrogens (tertiary/aromatic N) is 2.